The summed E-state index contributed by atoms with van der Waals surface area (Å²) in [7, 11) is 0. The summed E-state index contributed by atoms with van der Waals surface area (Å²) in [5.41, 5.74) is 0.464. The van der Waals surface area contributed by atoms with Gasteiger partial charge in [0.25, 0.3) is 0 Å². The molecule has 2 aliphatic rings. The van der Waals surface area contributed by atoms with Gasteiger partial charge >= 0.3 is 5.97 Å². The molecule has 2 fully saturated rings. The van der Waals surface area contributed by atoms with Crippen LogP contribution in [0.5, 0.6) is 0 Å². The first-order valence-electron chi connectivity index (χ1n) is 8.65. The van der Waals surface area contributed by atoms with E-state index >= 15 is 0 Å². The maximum Gasteiger partial charge on any atom is 0.342 e. The summed E-state index contributed by atoms with van der Waals surface area (Å²) in [6.07, 6.45) is 9.20. The number of pyridine rings is 1. The molecule has 1 saturated heterocycles. The number of hydrogen-bond donors (Lipinski definition) is 0. The van der Waals surface area contributed by atoms with Gasteiger partial charge in [0.15, 0.2) is 12.4 Å². The van der Waals surface area contributed by atoms with Crippen LogP contribution in [0.4, 0.5) is 5.82 Å². The molecule has 1 saturated carbocycles. The molecule has 0 radical (unpaired) electrons. The number of carbonyl (C=O) groups excluding carboxylic acids is 2. The van der Waals surface area contributed by atoms with Crippen molar-refractivity contribution in [1.29, 1.82) is 0 Å². The minimum atomic E-state index is -0.441. The Kier molecular flexibility index (Phi) is 5.26. The number of ether oxygens (including phenoxy) is 1. The standard InChI is InChI=1S/C18H24N2O3/c21-16(14-7-2-1-3-8-14)13-23-18(22)15-9-6-10-19-17(15)20-11-4-5-12-20/h6,9-10,14H,1-5,7-8,11-13H2. The predicted octanol–water partition coefficient (Wildman–Crippen LogP) is 2.99. The zero-order valence-electron chi connectivity index (χ0n) is 13.5. The number of ketones is 1. The number of rotatable bonds is 5. The highest BCUT2D eigenvalue weighted by Gasteiger charge is 2.24. The van der Waals surface area contributed by atoms with Crippen LogP contribution < -0.4 is 4.90 Å². The van der Waals surface area contributed by atoms with Gasteiger partial charge in [-0.05, 0) is 37.8 Å². The zero-order chi connectivity index (χ0) is 16.1. The summed E-state index contributed by atoms with van der Waals surface area (Å²) >= 11 is 0. The van der Waals surface area contributed by atoms with Crippen LogP contribution >= 0.6 is 0 Å². The molecule has 3 rings (SSSR count). The smallest absolute Gasteiger partial charge is 0.342 e. The van der Waals surface area contributed by atoms with Crippen LogP contribution in [-0.4, -0.2) is 36.4 Å². The molecule has 1 aliphatic heterocycles. The van der Waals surface area contributed by atoms with Crippen LogP contribution in [0.25, 0.3) is 0 Å². The van der Waals surface area contributed by atoms with Gasteiger partial charge in [0.1, 0.15) is 11.4 Å². The predicted molar refractivity (Wildman–Crippen MR) is 87.5 cm³/mol. The van der Waals surface area contributed by atoms with E-state index in [4.69, 9.17) is 4.74 Å². The molecule has 0 bridgehead atoms. The Morgan fingerprint density at radius 1 is 1.13 bits per heavy atom. The fraction of sp³-hybridized carbons (Fsp3) is 0.611. The molecular weight excluding hydrogens is 292 g/mol. The molecule has 1 aromatic heterocycles. The third-order valence-electron chi connectivity index (χ3n) is 4.82. The second-order valence-corrected chi connectivity index (χ2v) is 6.45. The van der Waals surface area contributed by atoms with Gasteiger partial charge in [-0.25, -0.2) is 9.78 Å². The van der Waals surface area contributed by atoms with E-state index < -0.39 is 5.97 Å². The molecule has 0 unspecified atom stereocenters. The van der Waals surface area contributed by atoms with Gasteiger partial charge in [0.2, 0.25) is 0 Å². The third kappa shape index (κ3) is 3.89. The topological polar surface area (TPSA) is 59.5 Å². The average molecular weight is 316 g/mol. The summed E-state index contributed by atoms with van der Waals surface area (Å²) in [5.74, 6) is 0.373. The SMILES string of the molecule is O=C(OCC(=O)C1CCCCC1)c1cccnc1N1CCCC1. The van der Waals surface area contributed by atoms with Gasteiger partial charge in [0, 0.05) is 25.2 Å². The first kappa shape index (κ1) is 16.0. The summed E-state index contributed by atoms with van der Waals surface area (Å²) in [4.78, 5) is 31.0. The lowest BCUT2D eigenvalue weighted by atomic mass is 9.86. The normalized spacial score (nSPS) is 18.9. The van der Waals surface area contributed by atoms with Crippen LogP contribution in [0.2, 0.25) is 0 Å². The number of hydrogen-bond acceptors (Lipinski definition) is 5. The first-order valence-corrected chi connectivity index (χ1v) is 8.65. The molecular formula is C18H24N2O3. The second kappa shape index (κ2) is 7.57. The Morgan fingerprint density at radius 2 is 1.87 bits per heavy atom. The lowest BCUT2D eigenvalue weighted by Gasteiger charge is -2.21. The van der Waals surface area contributed by atoms with E-state index in [9.17, 15) is 9.59 Å². The Bertz CT molecular complexity index is 561. The first-order chi connectivity index (χ1) is 11.3. The van der Waals surface area contributed by atoms with Gasteiger partial charge in [-0.2, -0.15) is 0 Å². The Labute approximate surface area is 137 Å². The fourth-order valence-electron chi connectivity index (χ4n) is 3.49. The van der Waals surface area contributed by atoms with Crippen LogP contribution in [0.3, 0.4) is 0 Å². The maximum absolute atomic E-state index is 12.4. The minimum absolute atomic E-state index is 0.0599. The highest BCUT2D eigenvalue weighted by Crippen LogP contribution is 2.25. The monoisotopic (exact) mass is 316 g/mol. The molecule has 5 heteroatoms. The van der Waals surface area contributed by atoms with Crippen LogP contribution in [0.15, 0.2) is 18.3 Å². The summed E-state index contributed by atoms with van der Waals surface area (Å²) in [5, 5.41) is 0. The number of carbonyl (C=O) groups is 2. The highest BCUT2D eigenvalue weighted by molar-refractivity contribution is 5.96. The summed E-state index contributed by atoms with van der Waals surface area (Å²) in [6, 6.07) is 3.47. The van der Waals surface area contributed by atoms with Gasteiger partial charge < -0.3 is 9.64 Å². The zero-order valence-corrected chi connectivity index (χ0v) is 13.5. The van der Waals surface area contributed by atoms with E-state index in [0.717, 1.165) is 51.6 Å². The number of anilines is 1. The number of Topliss-reactive ketones (excluding diaryl/α,β-unsaturated/α-hetero) is 1. The van der Waals surface area contributed by atoms with E-state index in [-0.39, 0.29) is 18.3 Å². The van der Waals surface area contributed by atoms with Crippen molar-refractivity contribution in [3.8, 4) is 0 Å². The Hall–Kier alpha value is -1.91. The molecule has 0 amide bonds. The van der Waals surface area contributed by atoms with Crippen molar-refractivity contribution < 1.29 is 14.3 Å². The van der Waals surface area contributed by atoms with Gasteiger partial charge in [0.05, 0.1) is 0 Å². The second-order valence-electron chi connectivity index (χ2n) is 6.45. The van der Waals surface area contributed by atoms with E-state index in [1.165, 1.54) is 6.42 Å². The van der Waals surface area contributed by atoms with Crippen molar-refractivity contribution in [2.45, 2.75) is 44.9 Å². The largest absolute Gasteiger partial charge is 0.454 e. The maximum atomic E-state index is 12.4. The molecule has 0 atom stereocenters. The van der Waals surface area contributed by atoms with Crippen LogP contribution in [-0.2, 0) is 9.53 Å². The summed E-state index contributed by atoms with van der Waals surface area (Å²) in [6.45, 7) is 1.72. The summed E-state index contributed by atoms with van der Waals surface area (Å²) < 4.78 is 5.29. The fourth-order valence-corrected chi connectivity index (χ4v) is 3.49. The lowest BCUT2D eigenvalue weighted by Crippen LogP contribution is -2.26. The molecule has 2 heterocycles. The van der Waals surface area contributed by atoms with Gasteiger partial charge in [-0.1, -0.05) is 19.3 Å². The third-order valence-corrected chi connectivity index (χ3v) is 4.82. The van der Waals surface area contributed by atoms with Crippen molar-refractivity contribution in [2.75, 3.05) is 24.6 Å². The van der Waals surface area contributed by atoms with Crippen molar-refractivity contribution >= 4 is 17.6 Å². The molecule has 0 spiro atoms. The van der Waals surface area contributed by atoms with Crippen molar-refractivity contribution in [3.05, 3.63) is 23.9 Å². The van der Waals surface area contributed by atoms with Gasteiger partial charge in [-0.15, -0.1) is 0 Å². The molecule has 1 aliphatic carbocycles. The van der Waals surface area contributed by atoms with E-state index in [2.05, 4.69) is 9.88 Å². The Balaban J connectivity index is 1.60. The number of esters is 1. The molecule has 1 aromatic rings. The number of aromatic nitrogens is 1. The van der Waals surface area contributed by atoms with Crippen molar-refractivity contribution in [1.82, 2.24) is 4.98 Å². The number of nitrogens with zero attached hydrogens (tertiary/aromatic N) is 2. The van der Waals surface area contributed by atoms with Crippen molar-refractivity contribution in [2.24, 2.45) is 5.92 Å². The van der Waals surface area contributed by atoms with Crippen LogP contribution in [0.1, 0.15) is 55.3 Å². The van der Waals surface area contributed by atoms with E-state index in [1.54, 1.807) is 18.3 Å². The Morgan fingerprint density at radius 3 is 2.61 bits per heavy atom. The van der Waals surface area contributed by atoms with E-state index in [0.29, 0.717) is 11.4 Å². The molecule has 0 aromatic carbocycles. The highest BCUT2D eigenvalue weighted by atomic mass is 16.5. The van der Waals surface area contributed by atoms with Gasteiger partial charge in [-0.3, -0.25) is 4.79 Å². The molecule has 5 nitrogen and oxygen atoms in total. The molecule has 0 N–H and O–H groups in total. The van der Waals surface area contributed by atoms with E-state index in [1.807, 2.05) is 0 Å². The van der Waals surface area contributed by atoms with Crippen LogP contribution in [0, 0.1) is 5.92 Å². The molecule has 23 heavy (non-hydrogen) atoms. The lowest BCUT2D eigenvalue weighted by molar-refractivity contribution is -0.126. The quantitative estimate of drug-likeness (QED) is 0.782. The molecule has 124 valence electrons. The average Bonchev–Trinajstić information content (AvgIpc) is 3.14. The van der Waals surface area contributed by atoms with Crippen molar-refractivity contribution in [3.63, 3.8) is 0 Å². The minimum Gasteiger partial charge on any atom is -0.454 e.